The predicted octanol–water partition coefficient (Wildman–Crippen LogP) is 3.91. The normalized spacial score (nSPS) is 18.0. The van der Waals surface area contributed by atoms with E-state index in [0.29, 0.717) is 18.6 Å². The summed E-state index contributed by atoms with van der Waals surface area (Å²) in [6.45, 7) is 4.35. The molecule has 2 N–H and O–H groups in total. The smallest absolute Gasteiger partial charge is 0.335 e. The van der Waals surface area contributed by atoms with Crippen molar-refractivity contribution in [3.63, 3.8) is 0 Å². The molecule has 9 heteroatoms. The number of hydrogen-bond acceptors (Lipinski definition) is 5. The van der Waals surface area contributed by atoms with E-state index in [9.17, 15) is 18.0 Å². The van der Waals surface area contributed by atoms with Crippen LogP contribution in [0.15, 0.2) is 71.6 Å². The first-order valence-corrected chi connectivity index (χ1v) is 13.4. The third kappa shape index (κ3) is 6.03. The molecule has 36 heavy (non-hydrogen) atoms. The summed E-state index contributed by atoms with van der Waals surface area (Å²) >= 11 is 0. The monoisotopic (exact) mass is 510 g/mol. The zero-order valence-corrected chi connectivity index (χ0v) is 21.1. The number of nitrogens with zero attached hydrogens (tertiary/aromatic N) is 1. The van der Waals surface area contributed by atoms with Crippen LogP contribution in [0.2, 0.25) is 0 Å². The molecule has 3 aromatic rings. The number of carboxylic acids is 1. The number of aromatic carboxylic acids is 1. The highest BCUT2D eigenvalue weighted by atomic mass is 32.2. The molecule has 1 aliphatic rings. The van der Waals surface area contributed by atoms with Crippen molar-refractivity contribution in [3.05, 3.63) is 72.3 Å². The maximum absolute atomic E-state index is 13.2. The number of sulfonamides is 1. The minimum absolute atomic E-state index is 0.0489. The third-order valence-electron chi connectivity index (χ3n) is 6.21. The van der Waals surface area contributed by atoms with Gasteiger partial charge in [0.1, 0.15) is 12.4 Å². The van der Waals surface area contributed by atoms with E-state index < -0.39 is 22.0 Å². The van der Waals surface area contributed by atoms with Gasteiger partial charge in [-0.1, -0.05) is 44.2 Å². The maximum Gasteiger partial charge on any atom is 0.335 e. The summed E-state index contributed by atoms with van der Waals surface area (Å²) in [4.78, 5) is 25.9. The van der Waals surface area contributed by atoms with E-state index in [2.05, 4.69) is 4.72 Å². The van der Waals surface area contributed by atoms with Gasteiger partial charge >= 0.3 is 5.97 Å². The van der Waals surface area contributed by atoms with Crippen molar-refractivity contribution in [1.29, 1.82) is 0 Å². The van der Waals surface area contributed by atoms with Crippen LogP contribution in [0.4, 0.5) is 0 Å². The Morgan fingerprint density at radius 1 is 1.06 bits per heavy atom. The van der Waals surface area contributed by atoms with Crippen LogP contribution < -0.4 is 9.46 Å². The van der Waals surface area contributed by atoms with Gasteiger partial charge in [0.25, 0.3) is 0 Å². The number of likely N-dealkylation sites (tertiary alicyclic amines) is 1. The van der Waals surface area contributed by atoms with Crippen molar-refractivity contribution >= 4 is 32.7 Å². The van der Waals surface area contributed by atoms with Gasteiger partial charge in [-0.15, -0.1) is 0 Å². The van der Waals surface area contributed by atoms with E-state index in [4.69, 9.17) is 9.84 Å². The first-order valence-electron chi connectivity index (χ1n) is 11.9. The molecule has 0 saturated carbocycles. The lowest BCUT2D eigenvalue weighted by atomic mass is 10.1. The summed E-state index contributed by atoms with van der Waals surface area (Å²) in [5.41, 5.74) is 0.153. The molecule has 0 radical (unpaired) electrons. The predicted molar refractivity (Wildman–Crippen MR) is 137 cm³/mol. The molecule has 8 nitrogen and oxygen atoms in total. The van der Waals surface area contributed by atoms with Gasteiger partial charge in [0.15, 0.2) is 0 Å². The molecule has 190 valence electrons. The second-order valence-corrected chi connectivity index (χ2v) is 11.2. The molecule has 3 aromatic carbocycles. The molecule has 1 aliphatic heterocycles. The number of benzene rings is 3. The summed E-state index contributed by atoms with van der Waals surface area (Å²) in [5, 5.41) is 10.9. The summed E-state index contributed by atoms with van der Waals surface area (Å²) in [7, 11) is -3.80. The lowest BCUT2D eigenvalue weighted by Crippen LogP contribution is -2.41. The number of ether oxygens (including phenoxy) is 1. The first-order chi connectivity index (χ1) is 17.1. The molecular weight excluding hydrogens is 480 g/mol. The summed E-state index contributed by atoms with van der Waals surface area (Å²) < 4.78 is 35.0. The molecule has 0 aromatic heterocycles. The van der Waals surface area contributed by atoms with E-state index in [1.165, 1.54) is 12.1 Å². The minimum atomic E-state index is -3.80. The van der Waals surface area contributed by atoms with Gasteiger partial charge < -0.3 is 14.7 Å². The molecule has 2 atom stereocenters. The standard InChI is InChI=1S/C27H30N2O6S/c1-18(2)13-26(30)29-16-22(15-23(29)17-35-24-10-7-20(8-11-24)27(31)32)28-36(33,34)25-12-9-19-5-3-4-6-21(19)14-25/h3-12,14,18,22-23,28H,13,15-17H2,1-2H3,(H,31,32). The number of amides is 1. The Morgan fingerprint density at radius 3 is 2.42 bits per heavy atom. The number of hydrogen-bond donors (Lipinski definition) is 2. The Morgan fingerprint density at radius 2 is 1.75 bits per heavy atom. The van der Waals surface area contributed by atoms with Crippen LogP contribution in [0.5, 0.6) is 5.75 Å². The van der Waals surface area contributed by atoms with Crippen LogP contribution in [-0.2, 0) is 14.8 Å². The van der Waals surface area contributed by atoms with Gasteiger partial charge in [0.05, 0.1) is 16.5 Å². The van der Waals surface area contributed by atoms with E-state index in [1.807, 2.05) is 38.1 Å². The Kier molecular flexibility index (Phi) is 7.61. The van der Waals surface area contributed by atoms with Crippen molar-refractivity contribution in [2.45, 2.75) is 43.7 Å². The molecule has 1 saturated heterocycles. The highest BCUT2D eigenvalue weighted by molar-refractivity contribution is 7.89. The Balaban J connectivity index is 1.48. The zero-order chi connectivity index (χ0) is 25.9. The van der Waals surface area contributed by atoms with Crippen molar-refractivity contribution in [3.8, 4) is 5.75 Å². The van der Waals surface area contributed by atoms with E-state index in [0.717, 1.165) is 10.8 Å². The lowest BCUT2D eigenvalue weighted by molar-refractivity contribution is -0.133. The van der Waals surface area contributed by atoms with Gasteiger partial charge in [-0.3, -0.25) is 4.79 Å². The van der Waals surface area contributed by atoms with E-state index in [1.54, 1.807) is 35.2 Å². The fraction of sp³-hybridized carbons (Fsp3) is 0.333. The maximum atomic E-state index is 13.2. The van der Waals surface area contributed by atoms with Gasteiger partial charge in [-0.05, 0) is 59.5 Å². The van der Waals surface area contributed by atoms with Crippen molar-refractivity contribution in [1.82, 2.24) is 9.62 Å². The van der Waals surface area contributed by atoms with Gasteiger partial charge in [0.2, 0.25) is 15.9 Å². The molecule has 2 unspecified atom stereocenters. The number of carboxylic acid groups (broad SMARTS) is 1. The molecule has 1 fully saturated rings. The second kappa shape index (κ2) is 10.7. The SMILES string of the molecule is CC(C)CC(=O)N1CC(NS(=O)(=O)c2ccc3ccccc3c2)CC1COc1ccc(C(=O)O)cc1. The molecule has 4 rings (SSSR count). The van der Waals surface area contributed by atoms with Gasteiger partial charge in [-0.25, -0.2) is 17.9 Å². The minimum Gasteiger partial charge on any atom is -0.491 e. The molecule has 1 amide bonds. The fourth-order valence-corrected chi connectivity index (χ4v) is 5.72. The number of carbonyl (C=O) groups excluding carboxylic acids is 1. The summed E-state index contributed by atoms with van der Waals surface area (Å²) in [6, 6.07) is 17.8. The zero-order valence-electron chi connectivity index (χ0n) is 20.3. The number of carbonyl (C=O) groups is 2. The highest BCUT2D eigenvalue weighted by Gasteiger charge is 2.37. The topological polar surface area (TPSA) is 113 Å². The van der Waals surface area contributed by atoms with Crippen LogP contribution >= 0.6 is 0 Å². The molecule has 0 aliphatic carbocycles. The largest absolute Gasteiger partial charge is 0.491 e. The number of fused-ring (bicyclic) bond motifs is 1. The summed E-state index contributed by atoms with van der Waals surface area (Å²) in [6.07, 6.45) is 0.762. The van der Waals surface area contributed by atoms with Crippen molar-refractivity contribution < 1.29 is 27.9 Å². The van der Waals surface area contributed by atoms with E-state index in [-0.39, 0.29) is 41.5 Å². The van der Waals surface area contributed by atoms with Crippen LogP contribution in [-0.4, -0.2) is 55.5 Å². The average Bonchev–Trinajstić information content (AvgIpc) is 3.24. The number of nitrogens with one attached hydrogen (secondary N) is 1. The highest BCUT2D eigenvalue weighted by Crippen LogP contribution is 2.25. The van der Waals surface area contributed by atoms with Gasteiger partial charge in [0, 0.05) is 19.0 Å². The van der Waals surface area contributed by atoms with Gasteiger partial charge in [-0.2, -0.15) is 0 Å². The van der Waals surface area contributed by atoms with Crippen LogP contribution in [0.3, 0.4) is 0 Å². The summed E-state index contributed by atoms with van der Waals surface area (Å²) in [5.74, 6) is -0.427. The Hall–Kier alpha value is -3.43. The first kappa shape index (κ1) is 25.7. The lowest BCUT2D eigenvalue weighted by Gasteiger charge is -2.25. The number of rotatable bonds is 9. The Labute approximate surface area is 210 Å². The molecule has 1 heterocycles. The fourth-order valence-electron chi connectivity index (χ4n) is 4.44. The molecule has 0 spiro atoms. The Bertz CT molecular complexity index is 1350. The molecule has 0 bridgehead atoms. The quantitative estimate of drug-likeness (QED) is 0.451. The van der Waals surface area contributed by atoms with E-state index >= 15 is 0 Å². The van der Waals surface area contributed by atoms with Crippen molar-refractivity contribution in [2.24, 2.45) is 5.92 Å². The van der Waals surface area contributed by atoms with Crippen LogP contribution in [0.25, 0.3) is 10.8 Å². The molecular formula is C27H30N2O6S. The van der Waals surface area contributed by atoms with Crippen molar-refractivity contribution in [2.75, 3.05) is 13.2 Å². The second-order valence-electron chi connectivity index (χ2n) is 9.50. The average molecular weight is 511 g/mol. The van der Waals surface area contributed by atoms with Crippen LogP contribution in [0, 0.1) is 5.92 Å². The third-order valence-corrected chi connectivity index (χ3v) is 7.73. The van der Waals surface area contributed by atoms with Crippen LogP contribution in [0.1, 0.15) is 37.0 Å².